The Hall–Kier alpha value is -0.960. The summed E-state index contributed by atoms with van der Waals surface area (Å²) < 4.78 is 30.1. The molecule has 0 unspecified atom stereocenters. The van der Waals surface area contributed by atoms with E-state index < -0.39 is 10.2 Å². The molecule has 0 aliphatic carbocycles. The van der Waals surface area contributed by atoms with Crippen LogP contribution in [-0.4, -0.2) is 77.5 Å². The summed E-state index contributed by atoms with van der Waals surface area (Å²) in [5.41, 5.74) is 1.07. The van der Waals surface area contributed by atoms with E-state index in [1.54, 1.807) is 23.1 Å². The van der Waals surface area contributed by atoms with Crippen molar-refractivity contribution in [2.45, 2.75) is 44.8 Å². The van der Waals surface area contributed by atoms with E-state index in [-0.39, 0.29) is 12.1 Å². The predicted molar refractivity (Wildman–Crippen MR) is 91.3 cm³/mol. The predicted octanol–water partition coefficient (Wildman–Crippen LogP) is 0.552. The topological polar surface area (TPSA) is 61.7 Å². The molecule has 23 heavy (non-hydrogen) atoms. The first-order valence-electron chi connectivity index (χ1n) is 8.03. The molecule has 8 heteroatoms. The molecule has 1 fully saturated rings. The van der Waals surface area contributed by atoms with Crippen molar-refractivity contribution in [3.8, 4) is 0 Å². The fourth-order valence-electron chi connectivity index (χ4n) is 3.22. The van der Waals surface area contributed by atoms with Gasteiger partial charge in [0.15, 0.2) is 0 Å². The Morgan fingerprint density at radius 2 is 2.00 bits per heavy atom. The zero-order valence-corrected chi connectivity index (χ0v) is 15.8. The number of aromatic nitrogens is 2. The maximum absolute atomic E-state index is 12.7. The van der Waals surface area contributed by atoms with Crippen LogP contribution in [0.5, 0.6) is 0 Å². The van der Waals surface area contributed by atoms with Gasteiger partial charge in [0, 0.05) is 52.0 Å². The minimum absolute atomic E-state index is 0.0704. The van der Waals surface area contributed by atoms with E-state index in [1.165, 1.54) is 4.31 Å². The summed E-state index contributed by atoms with van der Waals surface area (Å²) in [6.07, 6.45) is 5.33. The molecule has 0 radical (unpaired) electrons. The molecule has 1 aliphatic heterocycles. The molecule has 1 aromatic heterocycles. The lowest BCUT2D eigenvalue weighted by molar-refractivity contribution is 0.163. The molecule has 2 atom stereocenters. The summed E-state index contributed by atoms with van der Waals surface area (Å²) in [4.78, 5) is 2.28. The van der Waals surface area contributed by atoms with Gasteiger partial charge in [-0.3, -0.25) is 9.58 Å². The second-order valence-electron chi connectivity index (χ2n) is 6.81. The van der Waals surface area contributed by atoms with Crippen molar-refractivity contribution in [1.29, 1.82) is 0 Å². The van der Waals surface area contributed by atoms with Gasteiger partial charge in [0.25, 0.3) is 10.2 Å². The Balaban J connectivity index is 2.32. The highest BCUT2D eigenvalue weighted by Gasteiger charge is 2.43. The number of nitrogens with zero attached hydrogens (tertiary/aromatic N) is 5. The lowest BCUT2D eigenvalue weighted by Gasteiger charge is -2.35. The van der Waals surface area contributed by atoms with Gasteiger partial charge in [-0.05, 0) is 39.3 Å². The summed E-state index contributed by atoms with van der Waals surface area (Å²) in [5, 5.41) is 4.21. The molecular weight excluding hydrogens is 314 g/mol. The molecule has 1 aromatic rings. The Morgan fingerprint density at radius 1 is 1.35 bits per heavy atom. The highest BCUT2D eigenvalue weighted by Crippen LogP contribution is 2.29. The van der Waals surface area contributed by atoms with Gasteiger partial charge in [0.05, 0.1) is 6.20 Å². The van der Waals surface area contributed by atoms with Crippen molar-refractivity contribution in [1.82, 2.24) is 23.3 Å². The first-order chi connectivity index (χ1) is 10.6. The molecule has 1 aliphatic rings. The number of hydrogen-bond donors (Lipinski definition) is 0. The van der Waals surface area contributed by atoms with Crippen molar-refractivity contribution < 1.29 is 8.42 Å². The first-order valence-corrected chi connectivity index (χ1v) is 9.43. The Bertz CT molecular complexity index is 626. The van der Waals surface area contributed by atoms with Gasteiger partial charge in [-0.2, -0.15) is 22.1 Å². The molecule has 0 bridgehead atoms. The van der Waals surface area contributed by atoms with Crippen molar-refractivity contribution >= 4 is 10.2 Å². The normalized spacial score (nSPS) is 23.5. The Morgan fingerprint density at radius 3 is 2.48 bits per heavy atom. The van der Waals surface area contributed by atoms with Crippen molar-refractivity contribution in [2.75, 3.05) is 27.7 Å². The van der Waals surface area contributed by atoms with Crippen LogP contribution in [0, 0.1) is 0 Å². The number of likely N-dealkylation sites (N-methyl/N-ethyl adjacent to an activating group) is 1. The smallest absolute Gasteiger partial charge is 0.281 e. The Labute approximate surface area is 140 Å². The van der Waals surface area contributed by atoms with Gasteiger partial charge in [0.1, 0.15) is 0 Å². The zero-order chi connectivity index (χ0) is 17.4. The SMILES string of the molecule is CC(C)N(C)[C@@H]1CCN(S(=O)(=O)N(C)C)[C@H]1Cc1cnn(C)c1. The number of aryl methyl sites for hydroxylation is 1. The molecular formula is C15H29N5O2S. The number of hydrogen-bond acceptors (Lipinski definition) is 4. The maximum Gasteiger partial charge on any atom is 0.281 e. The van der Waals surface area contributed by atoms with E-state index in [2.05, 4.69) is 30.9 Å². The lowest BCUT2D eigenvalue weighted by atomic mass is 10.0. The molecule has 0 aromatic carbocycles. The van der Waals surface area contributed by atoms with Crippen LogP contribution in [0.2, 0.25) is 0 Å². The maximum atomic E-state index is 12.7. The van der Waals surface area contributed by atoms with Gasteiger partial charge in [0.2, 0.25) is 0 Å². The molecule has 0 saturated carbocycles. The van der Waals surface area contributed by atoms with Crippen LogP contribution in [0.4, 0.5) is 0 Å². The van der Waals surface area contributed by atoms with Crippen molar-refractivity contribution in [2.24, 2.45) is 7.05 Å². The largest absolute Gasteiger partial charge is 0.299 e. The van der Waals surface area contributed by atoms with Gasteiger partial charge in [-0.15, -0.1) is 0 Å². The summed E-state index contributed by atoms with van der Waals surface area (Å²) in [6.45, 7) is 4.85. The van der Waals surface area contributed by atoms with Crippen LogP contribution < -0.4 is 0 Å². The summed E-state index contributed by atoms with van der Waals surface area (Å²) in [5.74, 6) is 0. The third-order valence-corrected chi connectivity index (χ3v) is 6.73. The third-order valence-electron chi connectivity index (χ3n) is 4.76. The van der Waals surface area contributed by atoms with Crippen LogP contribution in [0.25, 0.3) is 0 Å². The lowest BCUT2D eigenvalue weighted by Crippen LogP contribution is -2.51. The van der Waals surface area contributed by atoms with Crippen LogP contribution in [0.15, 0.2) is 12.4 Å². The standard InChI is InChI=1S/C15H29N5O2S/c1-12(2)19(6)14-7-8-20(23(21,22)17(3)4)15(14)9-13-10-16-18(5)11-13/h10-12,14-15H,7-9H2,1-6H3/t14-,15+/m1/s1. The first kappa shape index (κ1) is 18.4. The summed E-state index contributed by atoms with van der Waals surface area (Å²) in [7, 11) is 3.73. The average molecular weight is 343 g/mol. The molecule has 0 N–H and O–H groups in total. The fourth-order valence-corrected chi connectivity index (χ4v) is 4.53. The van der Waals surface area contributed by atoms with E-state index in [1.807, 2.05) is 19.4 Å². The Kier molecular flexibility index (Phi) is 5.50. The molecule has 2 rings (SSSR count). The van der Waals surface area contributed by atoms with Crippen LogP contribution in [0.1, 0.15) is 25.8 Å². The molecule has 7 nitrogen and oxygen atoms in total. The van der Waals surface area contributed by atoms with Crippen LogP contribution in [0.3, 0.4) is 0 Å². The van der Waals surface area contributed by atoms with Crippen molar-refractivity contribution in [3.05, 3.63) is 18.0 Å². The van der Waals surface area contributed by atoms with Gasteiger partial charge >= 0.3 is 0 Å². The van der Waals surface area contributed by atoms with Gasteiger partial charge in [-0.1, -0.05) is 0 Å². The molecule has 0 spiro atoms. The molecule has 2 heterocycles. The zero-order valence-electron chi connectivity index (χ0n) is 15.0. The number of rotatable bonds is 6. The van der Waals surface area contributed by atoms with Crippen molar-refractivity contribution in [3.63, 3.8) is 0 Å². The minimum atomic E-state index is -3.42. The fraction of sp³-hybridized carbons (Fsp3) is 0.800. The van der Waals surface area contributed by atoms with Crippen LogP contribution in [-0.2, 0) is 23.7 Å². The van der Waals surface area contributed by atoms with E-state index in [9.17, 15) is 8.42 Å². The summed E-state index contributed by atoms with van der Waals surface area (Å²) in [6, 6.07) is 0.516. The van der Waals surface area contributed by atoms with Gasteiger partial charge in [-0.25, -0.2) is 0 Å². The van der Waals surface area contributed by atoms with E-state index in [0.29, 0.717) is 19.0 Å². The third kappa shape index (κ3) is 3.76. The average Bonchev–Trinajstić information content (AvgIpc) is 3.05. The minimum Gasteiger partial charge on any atom is -0.299 e. The molecule has 1 saturated heterocycles. The quantitative estimate of drug-likeness (QED) is 0.757. The highest BCUT2D eigenvalue weighted by atomic mass is 32.2. The molecule has 132 valence electrons. The monoisotopic (exact) mass is 343 g/mol. The summed E-state index contributed by atoms with van der Waals surface area (Å²) >= 11 is 0. The van der Waals surface area contributed by atoms with E-state index >= 15 is 0 Å². The van der Waals surface area contributed by atoms with Gasteiger partial charge < -0.3 is 0 Å². The van der Waals surface area contributed by atoms with Crippen LogP contribution >= 0.6 is 0 Å². The van der Waals surface area contributed by atoms with E-state index in [0.717, 1.165) is 12.0 Å². The second kappa shape index (κ2) is 6.88. The van der Waals surface area contributed by atoms with E-state index in [4.69, 9.17) is 0 Å². The highest BCUT2D eigenvalue weighted by molar-refractivity contribution is 7.86. The molecule has 0 amide bonds. The second-order valence-corrected chi connectivity index (χ2v) is 8.90.